The Bertz CT molecular complexity index is 655. The molecule has 19 heavy (non-hydrogen) atoms. The van der Waals surface area contributed by atoms with Crippen LogP contribution in [0.4, 0.5) is 5.69 Å². The van der Waals surface area contributed by atoms with Gasteiger partial charge in [0.05, 0.1) is 11.3 Å². The van der Waals surface area contributed by atoms with Crippen LogP contribution in [0.1, 0.15) is 17.8 Å². The van der Waals surface area contributed by atoms with Gasteiger partial charge in [-0.25, -0.2) is 9.89 Å². The predicted octanol–water partition coefficient (Wildman–Crippen LogP) is 1.78. The Morgan fingerprint density at radius 3 is 3.00 bits per heavy atom. The Morgan fingerprint density at radius 1 is 1.47 bits per heavy atom. The minimum atomic E-state index is -0.289. The number of aryl methyl sites for hydroxylation is 1. The van der Waals surface area contributed by atoms with Gasteiger partial charge < -0.3 is 5.32 Å². The summed E-state index contributed by atoms with van der Waals surface area (Å²) in [6, 6.07) is 7.66. The summed E-state index contributed by atoms with van der Waals surface area (Å²) >= 11 is 3.33. The number of nitrogens with one attached hydrogen (secondary N) is 3. The molecule has 6 nitrogen and oxygen atoms in total. The van der Waals surface area contributed by atoms with E-state index in [1.165, 1.54) is 0 Å². The van der Waals surface area contributed by atoms with E-state index in [0.717, 1.165) is 16.6 Å². The minimum absolute atomic E-state index is 0.289. The highest BCUT2D eigenvalue weighted by Crippen LogP contribution is 2.20. The molecule has 0 amide bonds. The van der Waals surface area contributed by atoms with E-state index < -0.39 is 0 Å². The van der Waals surface area contributed by atoms with E-state index in [1.807, 2.05) is 12.1 Å². The summed E-state index contributed by atoms with van der Waals surface area (Å²) in [6.07, 6.45) is 1.48. The van der Waals surface area contributed by atoms with E-state index in [2.05, 4.69) is 42.5 Å². The van der Waals surface area contributed by atoms with Gasteiger partial charge in [0, 0.05) is 17.4 Å². The van der Waals surface area contributed by atoms with Gasteiger partial charge in [0.25, 0.3) is 0 Å². The molecule has 0 bridgehead atoms. The number of rotatable bonds is 5. The Hall–Kier alpha value is -2.07. The largest absolute Gasteiger partial charge is 0.384 e. The average molecular weight is 322 g/mol. The first-order valence-electron chi connectivity index (χ1n) is 5.76. The first kappa shape index (κ1) is 13.4. The molecule has 0 atom stereocenters. The number of benzene rings is 1. The van der Waals surface area contributed by atoms with Crippen LogP contribution in [0.5, 0.6) is 0 Å². The molecule has 1 aromatic heterocycles. The van der Waals surface area contributed by atoms with Gasteiger partial charge in [0.1, 0.15) is 11.9 Å². The van der Waals surface area contributed by atoms with Crippen LogP contribution in [0.2, 0.25) is 0 Å². The van der Waals surface area contributed by atoms with Crippen molar-refractivity contribution in [2.24, 2.45) is 0 Å². The Balaban J connectivity index is 1.86. The summed E-state index contributed by atoms with van der Waals surface area (Å²) in [5, 5.41) is 18.4. The maximum absolute atomic E-state index is 10.8. The van der Waals surface area contributed by atoms with Crippen molar-refractivity contribution in [2.45, 2.75) is 12.8 Å². The molecule has 0 aliphatic rings. The summed E-state index contributed by atoms with van der Waals surface area (Å²) in [4.78, 5) is 13.4. The highest BCUT2D eigenvalue weighted by molar-refractivity contribution is 9.10. The topological polar surface area (TPSA) is 97.4 Å². The average Bonchev–Trinajstić information content (AvgIpc) is 2.81. The van der Waals surface area contributed by atoms with Crippen molar-refractivity contribution in [1.82, 2.24) is 15.2 Å². The summed E-state index contributed by atoms with van der Waals surface area (Å²) in [5.74, 6) is 0.642. The molecule has 0 aliphatic heterocycles. The Labute approximate surface area is 118 Å². The molecular formula is C12H12BrN5O. The van der Waals surface area contributed by atoms with Crippen LogP contribution < -0.4 is 11.0 Å². The number of H-pyrrole nitrogens is 2. The van der Waals surface area contributed by atoms with Gasteiger partial charge in [-0.2, -0.15) is 10.4 Å². The maximum atomic E-state index is 10.8. The zero-order valence-corrected chi connectivity index (χ0v) is 11.6. The molecule has 2 aromatic rings. The lowest BCUT2D eigenvalue weighted by Gasteiger charge is -2.07. The fraction of sp³-hybridized carbons (Fsp3) is 0.250. The van der Waals surface area contributed by atoms with E-state index in [0.29, 0.717) is 24.4 Å². The number of hydrogen-bond acceptors (Lipinski definition) is 4. The van der Waals surface area contributed by atoms with E-state index in [1.54, 1.807) is 6.07 Å². The van der Waals surface area contributed by atoms with E-state index in [-0.39, 0.29) is 5.69 Å². The van der Waals surface area contributed by atoms with Crippen LogP contribution in [0.3, 0.4) is 0 Å². The van der Waals surface area contributed by atoms with Crippen molar-refractivity contribution in [3.8, 4) is 6.07 Å². The number of aromatic nitrogens is 3. The van der Waals surface area contributed by atoms with E-state index in [9.17, 15) is 4.79 Å². The number of hydrogen-bond donors (Lipinski definition) is 3. The molecule has 1 heterocycles. The normalized spacial score (nSPS) is 10.1. The van der Waals surface area contributed by atoms with Gasteiger partial charge in [-0.1, -0.05) is 15.9 Å². The molecule has 0 saturated carbocycles. The summed E-state index contributed by atoms with van der Waals surface area (Å²) in [5.41, 5.74) is 1.12. The fourth-order valence-electron chi connectivity index (χ4n) is 1.67. The van der Waals surface area contributed by atoms with Gasteiger partial charge >= 0.3 is 5.69 Å². The molecule has 0 unspecified atom stereocenters. The quantitative estimate of drug-likeness (QED) is 0.731. The molecule has 3 N–H and O–H groups in total. The monoisotopic (exact) mass is 321 g/mol. The number of nitriles is 1. The zero-order chi connectivity index (χ0) is 13.7. The van der Waals surface area contributed by atoms with Crippen molar-refractivity contribution < 1.29 is 0 Å². The van der Waals surface area contributed by atoms with Gasteiger partial charge in [-0.3, -0.25) is 4.98 Å². The number of halogens is 1. The van der Waals surface area contributed by atoms with Crippen LogP contribution in [0, 0.1) is 11.3 Å². The van der Waals surface area contributed by atoms with Crippen LogP contribution in [-0.2, 0) is 6.42 Å². The van der Waals surface area contributed by atoms with Crippen LogP contribution in [0.25, 0.3) is 0 Å². The third-order valence-electron chi connectivity index (χ3n) is 2.56. The molecule has 0 radical (unpaired) electrons. The predicted molar refractivity (Wildman–Crippen MR) is 74.9 cm³/mol. The van der Waals surface area contributed by atoms with Crippen molar-refractivity contribution in [1.29, 1.82) is 5.26 Å². The Kier molecular flexibility index (Phi) is 4.36. The molecule has 98 valence electrons. The van der Waals surface area contributed by atoms with Crippen molar-refractivity contribution in [3.05, 3.63) is 44.5 Å². The third-order valence-corrected chi connectivity index (χ3v) is 3.05. The highest BCUT2D eigenvalue weighted by atomic mass is 79.9. The third kappa shape index (κ3) is 3.69. The molecule has 0 spiro atoms. The van der Waals surface area contributed by atoms with Crippen molar-refractivity contribution >= 4 is 21.6 Å². The van der Waals surface area contributed by atoms with Crippen LogP contribution in [-0.4, -0.2) is 21.7 Å². The van der Waals surface area contributed by atoms with Gasteiger partial charge in [-0.05, 0) is 24.6 Å². The fourth-order valence-corrected chi connectivity index (χ4v) is 2.03. The number of anilines is 1. The molecule has 0 saturated heterocycles. The van der Waals surface area contributed by atoms with Gasteiger partial charge in [0.2, 0.25) is 0 Å². The van der Waals surface area contributed by atoms with Crippen molar-refractivity contribution in [3.63, 3.8) is 0 Å². The molecule has 0 fully saturated rings. The van der Waals surface area contributed by atoms with Crippen molar-refractivity contribution in [2.75, 3.05) is 11.9 Å². The minimum Gasteiger partial charge on any atom is -0.384 e. The zero-order valence-electron chi connectivity index (χ0n) is 10.0. The van der Waals surface area contributed by atoms with Gasteiger partial charge in [0.15, 0.2) is 0 Å². The highest BCUT2D eigenvalue weighted by Gasteiger charge is 2.02. The molecular weight excluding hydrogens is 310 g/mol. The molecule has 7 heteroatoms. The summed E-state index contributed by atoms with van der Waals surface area (Å²) in [6.45, 7) is 0.700. The first-order chi connectivity index (χ1) is 9.19. The smallest absolute Gasteiger partial charge is 0.340 e. The lowest BCUT2D eigenvalue weighted by molar-refractivity contribution is 0.805. The van der Waals surface area contributed by atoms with E-state index >= 15 is 0 Å². The summed E-state index contributed by atoms with van der Waals surface area (Å²) in [7, 11) is 0. The standard InChI is InChI=1S/C12H12BrN5O/c13-9-3-4-10(8(6-9)7-14)15-5-1-2-11-16-12(19)18-17-11/h3-4,6,15H,1-2,5H2,(H2,16,17,18,19). The first-order valence-corrected chi connectivity index (χ1v) is 6.55. The Morgan fingerprint density at radius 2 is 2.32 bits per heavy atom. The second kappa shape index (κ2) is 6.20. The number of aromatic amines is 2. The molecule has 2 rings (SSSR count). The van der Waals surface area contributed by atoms with Crippen LogP contribution in [0.15, 0.2) is 27.5 Å². The van der Waals surface area contributed by atoms with Crippen LogP contribution >= 0.6 is 15.9 Å². The maximum Gasteiger partial charge on any atom is 0.340 e. The molecule has 0 aliphatic carbocycles. The SMILES string of the molecule is N#Cc1cc(Br)ccc1NCCCc1n[nH]c(=O)[nH]1. The lowest BCUT2D eigenvalue weighted by Crippen LogP contribution is -2.06. The second-order valence-electron chi connectivity index (χ2n) is 3.96. The van der Waals surface area contributed by atoms with E-state index in [4.69, 9.17) is 5.26 Å². The molecule has 1 aromatic carbocycles. The number of nitrogens with zero attached hydrogens (tertiary/aromatic N) is 2. The second-order valence-corrected chi connectivity index (χ2v) is 4.87. The summed E-state index contributed by atoms with van der Waals surface area (Å²) < 4.78 is 0.878. The van der Waals surface area contributed by atoms with Gasteiger partial charge in [-0.15, -0.1) is 0 Å². The lowest BCUT2D eigenvalue weighted by atomic mass is 10.2.